The Bertz CT molecular complexity index is 747. The van der Waals surface area contributed by atoms with Crippen LogP contribution < -0.4 is 10.2 Å². The maximum absolute atomic E-state index is 10.9. The number of hydrazone groups is 1. The Morgan fingerprint density at radius 3 is 2.83 bits per heavy atom. The van der Waals surface area contributed by atoms with E-state index in [1.54, 1.807) is 12.1 Å². The second-order valence-corrected chi connectivity index (χ2v) is 4.94. The Balaban J connectivity index is 2.14. The topological polar surface area (TPSA) is 91.2 Å². The summed E-state index contributed by atoms with van der Waals surface area (Å²) in [6.07, 6.45) is 1.51. The van der Waals surface area contributed by atoms with Crippen LogP contribution in [0.1, 0.15) is 22.8 Å². The van der Waals surface area contributed by atoms with Crippen molar-refractivity contribution in [3.05, 3.63) is 52.5 Å². The number of nitrogens with zero attached hydrogens (tertiary/aromatic N) is 1. The van der Waals surface area contributed by atoms with E-state index in [0.717, 1.165) is 0 Å². The summed E-state index contributed by atoms with van der Waals surface area (Å²) >= 11 is 5.99. The molecular weight excluding hydrogens is 320 g/mol. The summed E-state index contributed by atoms with van der Waals surface area (Å²) in [5, 5.41) is 23.0. The second-order valence-electron chi connectivity index (χ2n) is 4.53. The first kappa shape index (κ1) is 16.6. The van der Waals surface area contributed by atoms with Crippen LogP contribution in [0.15, 0.2) is 41.5 Å². The van der Waals surface area contributed by atoms with Gasteiger partial charge in [0.2, 0.25) is 0 Å². The smallest absolute Gasteiger partial charge is 0.335 e. The molecular formula is C16H15ClN2O4. The number of benzene rings is 2. The van der Waals surface area contributed by atoms with E-state index in [0.29, 0.717) is 28.6 Å². The Kier molecular flexibility index (Phi) is 5.43. The number of phenolic OH excluding ortho intramolecular Hbond substituents is 1. The highest BCUT2D eigenvalue weighted by molar-refractivity contribution is 6.33. The van der Waals surface area contributed by atoms with Crippen molar-refractivity contribution >= 4 is 29.5 Å². The molecule has 0 aliphatic heterocycles. The fourth-order valence-electron chi connectivity index (χ4n) is 1.80. The minimum absolute atomic E-state index is 0.0502. The van der Waals surface area contributed by atoms with Crippen LogP contribution in [-0.2, 0) is 0 Å². The van der Waals surface area contributed by atoms with E-state index in [9.17, 15) is 9.90 Å². The number of hydrogen-bond donors (Lipinski definition) is 3. The number of carboxylic acid groups (broad SMARTS) is 1. The van der Waals surface area contributed by atoms with Crippen molar-refractivity contribution in [1.82, 2.24) is 0 Å². The van der Waals surface area contributed by atoms with E-state index in [-0.39, 0.29) is 11.3 Å². The van der Waals surface area contributed by atoms with Crippen molar-refractivity contribution < 1.29 is 19.7 Å². The number of aromatic hydroxyl groups is 1. The predicted molar refractivity (Wildman–Crippen MR) is 88.9 cm³/mol. The Morgan fingerprint density at radius 1 is 1.35 bits per heavy atom. The molecule has 3 N–H and O–H groups in total. The Labute approximate surface area is 138 Å². The second kappa shape index (κ2) is 7.51. The molecule has 7 heteroatoms. The highest BCUT2D eigenvalue weighted by Crippen LogP contribution is 2.26. The van der Waals surface area contributed by atoms with Crippen molar-refractivity contribution in [2.24, 2.45) is 5.10 Å². The highest BCUT2D eigenvalue weighted by Gasteiger charge is 2.06. The first-order valence-corrected chi connectivity index (χ1v) is 7.16. The number of carboxylic acids is 1. The van der Waals surface area contributed by atoms with Crippen molar-refractivity contribution in [3.63, 3.8) is 0 Å². The number of hydrogen-bond acceptors (Lipinski definition) is 5. The number of carbonyl (C=O) groups is 1. The molecule has 2 aromatic rings. The minimum atomic E-state index is -1.05. The normalized spacial score (nSPS) is 10.7. The number of anilines is 1. The molecule has 0 atom stereocenters. The summed E-state index contributed by atoms with van der Waals surface area (Å²) in [4.78, 5) is 10.9. The SMILES string of the molecule is CCOc1cc(/C=N/Nc2cc(C(=O)O)ccc2Cl)ccc1O. The van der Waals surface area contributed by atoms with E-state index >= 15 is 0 Å². The summed E-state index contributed by atoms with van der Waals surface area (Å²) in [5.41, 5.74) is 3.88. The van der Waals surface area contributed by atoms with Gasteiger partial charge in [0, 0.05) is 0 Å². The average molecular weight is 335 g/mol. The van der Waals surface area contributed by atoms with E-state index in [2.05, 4.69) is 10.5 Å². The van der Waals surface area contributed by atoms with Gasteiger partial charge in [0.1, 0.15) is 0 Å². The van der Waals surface area contributed by atoms with Crippen LogP contribution in [-0.4, -0.2) is 29.0 Å². The van der Waals surface area contributed by atoms with Crippen molar-refractivity contribution in [2.45, 2.75) is 6.92 Å². The predicted octanol–water partition coefficient (Wildman–Crippen LogP) is 3.59. The third kappa shape index (κ3) is 4.37. The van der Waals surface area contributed by atoms with Gasteiger partial charge in [0.25, 0.3) is 0 Å². The van der Waals surface area contributed by atoms with Gasteiger partial charge in [-0.15, -0.1) is 0 Å². The van der Waals surface area contributed by atoms with Crippen molar-refractivity contribution in [1.29, 1.82) is 0 Å². The number of nitrogens with one attached hydrogen (secondary N) is 1. The zero-order chi connectivity index (χ0) is 16.8. The van der Waals surface area contributed by atoms with Crippen molar-refractivity contribution in [3.8, 4) is 11.5 Å². The van der Waals surface area contributed by atoms with Gasteiger partial charge in [-0.25, -0.2) is 4.79 Å². The average Bonchev–Trinajstić information content (AvgIpc) is 2.52. The third-order valence-corrected chi connectivity index (χ3v) is 3.23. The summed E-state index contributed by atoms with van der Waals surface area (Å²) in [6, 6.07) is 9.09. The largest absolute Gasteiger partial charge is 0.504 e. The summed E-state index contributed by atoms with van der Waals surface area (Å²) in [5.74, 6) is -0.634. The maximum atomic E-state index is 10.9. The molecule has 2 aromatic carbocycles. The number of halogens is 1. The third-order valence-electron chi connectivity index (χ3n) is 2.90. The fourth-order valence-corrected chi connectivity index (χ4v) is 1.96. The van der Waals surface area contributed by atoms with E-state index in [4.69, 9.17) is 21.4 Å². The van der Waals surface area contributed by atoms with E-state index in [1.807, 2.05) is 6.92 Å². The van der Waals surface area contributed by atoms with Gasteiger partial charge in [-0.1, -0.05) is 11.6 Å². The van der Waals surface area contributed by atoms with Crippen molar-refractivity contribution in [2.75, 3.05) is 12.0 Å². The van der Waals surface area contributed by atoms with Crippen LogP contribution >= 0.6 is 11.6 Å². The molecule has 0 aliphatic carbocycles. The summed E-state index contributed by atoms with van der Waals surface area (Å²) in [6.45, 7) is 2.25. The molecule has 2 rings (SSSR count). The number of aromatic carboxylic acids is 1. The van der Waals surface area contributed by atoms with Crippen LogP contribution in [0.4, 0.5) is 5.69 Å². The van der Waals surface area contributed by atoms with E-state index < -0.39 is 5.97 Å². The molecule has 6 nitrogen and oxygen atoms in total. The van der Waals surface area contributed by atoms with Gasteiger partial charge < -0.3 is 14.9 Å². The summed E-state index contributed by atoms with van der Waals surface area (Å²) < 4.78 is 5.28. The van der Waals surface area contributed by atoms with Crippen LogP contribution in [0, 0.1) is 0 Å². The van der Waals surface area contributed by atoms with Gasteiger partial charge in [-0.2, -0.15) is 5.10 Å². The molecule has 0 spiro atoms. The van der Waals surface area contributed by atoms with Gasteiger partial charge in [0.15, 0.2) is 11.5 Å². The van der Waals surface area contributed by atoms with Crippen LogP contribution in [0.5, 0.6) is 11.5 Å². The van der Waals surface area contributed by atoms with Gasteiger partial charge in [-0.05, 0) is 48.9 Å². The van der Waals surface area contributed by atoms with E-state index in [1.165, 1.54) is 30.5 Å². The fraction of sp³-hybridized carbons (Fsp3) is 0.125. The van der Waals surface area contributed by atoms with Gasteiger partial charge in [-0.3, -0.25) is 5.43 Å². The lowest BCUT2D eigenvalue weighted by molar-refractivity contribution is 0.0697. The number of ether oxygens (including phenoxy) is 1. The molecule has 0 aliphatic rings. The summed E-state index contributed by atoms with van der Waals surface area (Å²) in [7, 11) is 0. The quantitative estimate of drug-likeness (QED) is 0.554. The lowest BCUT2D eigenvalue weighted by Crippen LogP contribution is -1.99. The molecule has 0 bridgehead atoms. The zero-order valence-electron chi connectivity index (χ0n) is 12.3. The molecule has 23 heavy (non-hydrogen) atoms. The molecule has 120 valence electrons. The molecule has 0 aromatic heterocycles. The zero-order valence-corrected chi connectivity index (χ0v) is 13.0. The molecule has 0 unspecified atom stereocenters. The maximum Gasteiger partial charge on any atom is 0.335 e. The molecule has 0 fully saturated rings. The number of rotatable bonds is 6. The number of phenols is 1. The van der Waals surface area contributed by atoms with Crippen LogP contribution in [0.2, 0.25) is 5.02 Å². The Morgan fingerprint density at radius 2 is 2.13 bits per heavy atom. The molecule has 0 heterocycles. The lowest BCUT2D eigenvalue weighted by Gasteiger charge is -2.06. The molecule has 0 saturated carbocycles. The highest BCUT2D eigenvalue weighted by atomic mass is 35.5. The molecule has 0 saturated heterocycles. The monoisotopic (exact) mass is 334 g/mol. The Hall–Kier alpha value is -2.73. The molecule has 0 radical (unpaired) electrons. The van der Waals surface area contributed by atoms with Crippen LogP contribution in [0.3, 0.4) is 0 Å². The first-order chi connectivity index (χ1) is 11.0. The van der Waals surface area contributed by atoms with Gasteiger partial charge in [0.05, 0.1) is 29.1 Å². The standard InChI is InChI=1S/C16H15ClN2O4/c1-2-23-15-7-10(3-6-14(15)20)9-18-19-13-8-11(16(21)22)4-5-12(13)17/h3-9,19-20H,2H2,1H3,(H,21,22)/b18-9+. The first-order valence-electron chi connectivity index (χ1n) is 6.79. The van der Waals surface area contributed by atoms with Gasteiger partial charge >= 0.3 is 5.97 Å². The minimum Gasteiger partial charge on any atom is -0.504 e. The molecule has 0 amide bonds. The van der Waals surface area contributed by atoms with Crippen LogP contribution in [0.25, 0.3) is 0 Å². The lowest BCUT2D eigenvalue weighted by atomic mass is 10.2.